The maximum atomic E-state index is 11.5. The zero-order valence-corrected chi connectivity index (χ0v) is 20.9. The van der Waals surface area contributed by atoms with Crippen LogP contribution in [-0.2, 0) is 39.6 Å². The summed E-state index contributed by atoms with van der Waals surface area (Å²) in [6, 6.07) is 0. The molecule has 5 heteroatoms. The molecule has 0 aliphatic heterocycles. The van der Waals surface area contributed by atoms with Crippen molar-refractivity contribution >= 4 is 23.1 Å². The summed E-state index contributed by atoms with van der Waals surface area (Å²) < 4.78 is 0. The maximum Gasteiger partial charge on any atom is 2.00 e. The molecule has 0 bridgehead atoms. The van der Waals surface area contributed by atoms with Gasteiger partial charge >= 0.3 is 20.4 Å². The summed E-state index contributed by atoms with van der Waals surface area (Å²) in [5, 5.41) is 0. The van der Waals surface area contributed by atoms with E-state index in [1.54, 1.807) is 0 Å². The maximum absolute atomic E-state index is 11.5. The molecule has 0 N–H and O–H groups in total. The van der Waals surface area contributed by atoms with Crippen molar-refractivity contribution in [3.05, 3.63) is 0 Å². The second-order valence-corrected chi connectivity index (χ2v) is 11.0. The van der Waals surface area contributed by atoms with E-state index in [1.807, 2.05) is 83.1 Å². The van der Waals surface area contributed by atoms with E-state index in [4.69, 9.17) is 0 Å². The molecule has 0 unspecified atom stereocenters. The van der Waals surface area contributed by atoms with Crippen molar-refractivity contribution in [2.75, 3.05) is 0 Å². The Morgan fingerprint density at radius 1 is 0.407 bits per heavy atom. The third kappa shape index (κ3) is 14.1. The Morgan fingerprint density at radius 2 is 0.519 bits per heavy atom. The Hall–Kier alpha value is -0.658. The average molecular weight is 475 g/mol. The quantitative estimate of drug-likeness (QED) is 0.414. The van der Waals surface area contributed by atoms with Crippen molar-refractivity contribution in [2.24, 2.45) is 21.7 Å². The third-order valence-corrected chi connectivity index (χ3v) is 3.99. The number of hydrogen-bond donors (Lipinski definition) is 0. The van der Waals surface area contributed by atoms with E-state index in [1.165, 1.54) is 0 Å². The molecular formula is C22H40O4Pd+2. The first-order valence-corrected chi connectivity index (χ1v) is 9.23. The van der Waals surface area contributed by atoms with Crippen LogP contribution in [0, 0.1) is 21.7 Å². The van der Waals surface area contributed by atoms with E-state index < -0.39 is 21.7 Å². The topological polar surface area (TPSA) is 68.3 Å². The van der Waals surface area contributed by atoms with Gasteiger partial charge in [-0.05, 0) is 0 Å². The number of hydrogen-bond acceptors (Lipinski definition) is 4. The largest absolute Gasteiger partial charge is 2.00 e. The Bertz CT molecular complexity index is 435. The number of rotatable bonds is 4. The SMILES string of the molecule is CC(C)(C)C(=O)CC(=O)C(C)(C)C.CC(C)(C)C(=O)CC(=O)C(C)(C)C.[Pd+2]. The van der Waals surface area contributed by atoms with Crippen LogP contribution in [0.1, 0.15) is 95.9 Å². The van der Waals surface area contributed by atoms with Crippen molar-refractivity contribution in [3.8, 4) is 0 Å². The standard InChI is InChI=1S/2C11H20O2.Pd/c2*1-10(2,3)8(12)7-9(13)11(4,5)6;/h2*7H2,1-6H3;/q;;+2. The molecule has 0 aliphatic rings. The second kappa shape index (κ2) is 10.8. The van der Waals surface area contributed by atoms with Crippen molar-refractivity contribution in [2.45, 2.75) is 95.9 Å². The first kappa shape index (κ1) is 31.0. The summed E-state index contributed by atoms with van der Waals surface area (Å²) in [5.41, 5.74) is -1.61. The molecule has 0 aromatic heterocycles. The Balaban J connectivity index is -0.000000411. The summed E-state index contributed by atoms with van der Waals surface area (Å²) in [6.45, 7) is 22.1. The molecule has 0 saturated carbocycles. The van der Waals surface area contributed by atoms with Crippen LogP contribution < -0.4 is 0 Å². The van der Waals surface area contributed by atoms with Crippen molar-refractivity contribution in [1.82, 2.24) is 0 Å². The molecule has 4 nitrogen and oxygen atoms in total. The number of carbonyl (C=O) groups excluding carboxylic acids is 4. The normalized spacial score (nSPS) is 12.3. The molecule has 0 aromatic rings. The first-order chi connectivity index (χ1) is 11.1. The summed E-state index contributed by atoms with van der Waals surface area (Å²) in [7, 11) is 0. The second-order valence-electron chi connectivity index (χ2n) is 11.0. The van der Waals surface area contributed by atoms with Crippen LogP contribution in [-0.4, -0.2) is 23.1 Å². The van der Waals surface area contributed by atoms with Gasteiger partial charge in [0.2, 0.25) is 0 Å². The van der Waals surface area contributed by atoms with Crippen LogP contribution in [0.5, 0.6) is 0 Å². The van der Waals surface area contributed by atoms with Gasteiger partial charge in [0.25, 0.3) is 0 Å². The van der Waals surface area contributed by atoms with Crippen LogP contribution in [0.2, 0.25) is 0 Å². The van der Waals surface area contributed by atoms with Crippen LogP contribution in [0.25, 0.3) is 0 Å². The molecule has 0 spiro atoms. The van der Waals surface area contributed by atoms with Gasteiger partial charge in [-0.15, -0.1) is 0 Å². The minimum Gasteiger partial charge on any atom is -0.299 e. The summed E-state index contributed by atoms with van der Waals surface area (Å²) >= 11 is 0. The molecule has 0 saturated heterocycles. The van der Waals surface area contributed by atoms with Crippen molar-refractivity contribution < 1.29 is 39.6 Å². The third-order valence-electron chi connectivity index (χ3n) is 3.99. The zero-order chi connectivity index (χ0) is 21.7. The van der Waals surface area contributed by atoms with Gasteiger partial charge in [-0.2, -0.15) is 0 Å². The summed E-state index contributed by atoms with van der Waals surface area (Å²) in [5.74, 6) is 0.0831. The van der Waals surface area contributed by atoms with Gasteiger partial charge in [0.05, 0.1) is 12.8 Å². The van der Waals surface area contributed by atoms with Crippen molar-refractivity contribution in [3.63, 3.8) is 0 Å². The van der Waals surface area contributed by atoms with E-state index in [0.717, 1.165) is 0 Å². The number of ketones is 4. The molecule has 0 radical (unpaired) electrons. The summed E-state index contributed by atoms with van der Waals surface area (Å²) in [4.78, 5) is 46.0. The molecule has 27 heavy (non-hydrogen) atoms. The minimum atomic E-state index is -0.402. The van der Waals surface area contributed by atoms with Gasteiger partial charge in [-0.3, -0.25) is 19.2 Å². The van der Waals surface area contributed by atoms with Gasteiger partial charge in [0, 0.05) is 21.7 Å². The molecule has 0 atom stereocenters. The molecular weight excluding hydrogens is 435 g/mol. The minimum absolute atomic E-state index is 0. The van der Waals surface area contributed by atoms with E-state index >= 15 is 0 Å². The van der Waals surface area contributed by atoms with Crippen LogP contribution >= 0.6 is 0 Å². The molecule has 0 rings (SSSR count). The van der Waals surface area contributed by atoms with Gasteiger partial charge in [0.15, 0.2) is 0 Å². The Morgan fingerprint density at radius 3 is 0.593 bits per heavy atom. The predicted octanol–water partition coefficient (Wildman–Crippen LogP) is 5.21. The molecule has 0 aliphatic carbocycles. The van der Waals surface area contributed by atoms with Crippen LogP contribution in [0.3, 0.4) is 0 Å². The smallest absolute Gasteiger partial charge is 0.299 e. The van der Waals surface area contributed by atoms with Gasteiger partial charge in [0.1, 0.15) is 23.1 Å². The van der Waals surface area contributed by atoms with E-state index in [-0.39, 0.29) is 56.4 Å². The Labute approximate surface area is 180 Å². The monoisotopic (exact) mass is 474 g/mol. The van der Waals surface area contributed by atoms with E-state index in [2.05, 4.69) is 0 Å². The predicted molar refractivity (Wildman–Crippen MR) is 107 cm³/mol. The average Bonchev–Trinajstić information content (AvgIpc) is 2.34. The summed E-state index contributed by atoms with van der Waals surface area (Å²) in [6.07, 6.45) is 0.125. The number of carbonyl (C=O) groups is 4. The molecule has 0 fully saturated rings. The van der Waals surface area contributed by atoms with Gasteiger partial charge in [-0.1, -0.05) is 83.1 Å². The fraction of sp³-hybridized carbons (Fsp3) is 0.818. The molecule has 160 valence electrons. The Kier molecular flexibility index (Phi) is 12.4. The molecule has 0 amide bonds. The first-order valence-electron chi connectivity index (χ1n) is 9.23. The zero-order valence-electron chi connectivity index (χ0n) is 19.4. The molecule has 0 heterocycles. The van der Waals surface area contributed by atoms with E-state index in [9.17, 15) is 19.2 Å². The van der Waals surface area contributed by atoms with Crippen molar-refractivity contribution in [1.29, 1.82) is 0 Å². The van der Waals surface area contributed by atoms with E-state index in [0.29, 0.717) is 0 Å². The fourth-order valence-electron chi connectivity index (χ4n) is 1.35. The van der Waals surface area contributed by atoms with Gasteiger partial charge in [-0.25, -0.2) is 0 Å². The fourth-order valence-corrected chi connectivity index (χ4v) is 1.35. The molecule has 0 aromatic carbocycles. The van der Waals surface area contributed by atoms with Crippen LogP contribution in [0.15, 0.2) is 0 Å². The number of Topliss-reactive ketones (excluding diaryl/α,β-unsaturated/α-hetero) is 4. The van der Waals surface area contributed by atoms with Gasteiger partial charge < -0.3 is 0 Å². The van der Waals surface area contributed by atoms with Crippen LogP contribution in [0.4, 0.5) is 0 Å².